The molecule has 0 saturated heterocycles. The standard InChI is InChI=1S/C15H14BrF2NO/c1-19-8-10-5-6-14(12(16)7-10)20-9-11-3-2-4-13(17)15(11)18/h2-7,19H,8-9H2,1H3. The Balaban J connectivity index is 2.09. The Kier molecular flexibility index (Phi) is 5.09. The molecule has 2 rings (SSSR count). The lowest BCUT2D eigenvalue weighted by Crippen LogP contribution is -2.05. The molecule has 0 aliphatic carbocycles. The zero-order chi connectivity index (χ0) is 14.5. The molecule has 0 fully saturated rings. The monoisotopic (exact) mass is 341 g/mol. The molecule has 5 heteroatoms. The van der Waals surface area contributed by atoms with Crippen LogP contribution in [-0.4, -0.2) is 7.05 Å². The van der Waals surface area contributed by atoms with Gasteiger partial charge >= 0.3 is 0 Å². The van der Waals surface area contributed by atoms with Crippen molar-refractivity contribution in [3.63, 3.8) is 0 Å². The van der Waals surface area contributed by atoms with Crippen LogP contribution in [0.2, 0.25) is 0 Å². The average Bonchev–Trinajstić information content (AvgIpc) is 2.42. The van der Waals surface area contributed by atoms with E-state index in [9.17, 15) is 8.78 Å². The second kappa shape index (κ2) is 6.81. The predicted octanol–water partition coefficient (Wildman–Crippen LogP) is 4.03. The van der Waals surface area contributed by atoms with Gasteiger partial charge in [0.05, 0.1) is 4.47 Å². The van der Waals surface area contributed by atoms with Crippen molar-refractivity contribution in [2.45, 2.75) is 13.2 Å². The van der Waals surface area contributed by atoms with E-state index in [-0.39, 0.29) is 12.2 Å². The van der Waals surface area contributed by atoms with Crippen LogP contribution in [0.3, 0.4) is 0 Å². The third kappa shape index (κ3) is 3.55. The fourth-order valence-electron chi connectivity index (χ4n) is 1.79. The molecule has 0 heterocycles. The Morgan fingerprint density at radius 1 is 1.20 bits per heavy atom. The summed E-state index contributed by atoms with van der Waals surface area (Å²) in [6, 6.07) is 9.69. The van der Waals surface area contributed by atoms with Crippen LogP contribution < -0.4 is 10.1 Å². The highest BCUT2D eigenvalue weighted by Gasteiger charge is 2.09. The van der Waals surface area contributed by atoms with Crippen molar-refractivity contribution >= 4 is 15.9 Å². The van der Waals surface area contributed by atoms with E-state index in [1.165, 1.54) is 12.1 Å². The molecule has 20 heavy (non-hydrogen) atoms. The molecule has 0 bridgehead atoms. The summed E-state index contributed by atoms with van der Waals surface area (Å²) in [6.07, 6.45) is 0. The van der Waals surface area contributed by atoms with Crippen LogP contribution in [0.15, 0.2) is 40.9 Å². The van der Waals surface area contributed by atoms with E-state index in [1.807, 2.05) is 19.2 Å². The van der Waals surface area contributed by atoms with Crippen molar-refractivity contribution in [3.8, 4) is 5.75 Å². The van der Waals surface area contributed by atoms with Gasteiger partial charge in [0, 0.05) is 12.1 Å². The van der Waals surface area contributed by atoms with E-state index < -0.39 is 11.6 Å². The molecule has 0 aliphatic rings. The van der Waals surface area contributed by atoms with Crippen LogP contribution >= 0.6 is 15.9 Å². The lowest BCUT2D eigenvalue weighted by molar-refractivity contribution is 0.295. The molecule has 0 saturated carbocycles. The van der Waals surface area contributed by atoms with Crippen LogP contribution in [0.1, 0.15) is 11.1 Å². The van der Waals surface area contributed by atoms with Crippen molar-refractivity contribution in [1.29, 1.82) is 0 Å². The Labute approximate surface area is 124 Å². The second-order valence-electron chi connectivity index (χ2n) is 4.30. The molecular weight excluding hydrogens is 328 g/mol. The number of halogens is 3. The molecule has 0 aromatic heterocycles. The fourth-order valence-corrected chi connectivity index (χ4v) is 2.33. The van der Waals surface area contributed by atoms with Gasteiger partial charge in [0.1, 0.15) is 12.4 Å². The summed E-state index contributed by atoms with van der Waals surface area (Å²) < 4.78 is 32.9. The van der Waals surface area contributed by atoms with Crippen molar-refractivity contribution in [1.82, 2.24) is 5.32 Å². The first kappa shape index (κ1) is 14.9. The molecule has 0 spiro atoms. The number of hydrogen-bond acceptors (Lipinski definition) is 2. The molecule has 0 radical (unpaired) electrons. The van der Waals surface area contributed by atoms with Crippen molar-refractivity contribution < 1.29 is 13.5 Å². The number of ether oxygens (including phenoxy) is 1. The van der Waals surface area contributed by atoms with E-state index in [1.54, 1.807) is 6.07 Å². The zero-order valence-corrected chi connectivity index (χ0v) is 12.5. The van der Waals surface area contributed by atoms with Gasteiger partial charge in [-0.2, -0.15) is 0 Å². The first-order valence-corrected chi connectivity index (χ1v) is 6.90. The molecule has 2 aromatic rings. The largest absolute Gasteiger partial charge is 0.488 e. The highest BCUT2D eigenvalue weighted by molar-refractivity contribution is 9.10. The quantitative estimate of drug-likeness (QED) is 0.886. The van der Waals surface area contributed by atoms with E-state index in [0.717, 1.165) is 22.6 Å². The predicted molar refractivity (Wildman–Crippen MR) is 77.6 cm³/mol. The summed E-state index contributed by atoms with van der Waals surface area (Å²) in [5, 5.41) is 3.05. The molecule has 1 N–H and O–H groups in total. The van der Waals surface area contributed by atoms with E-state index in [4.69, 9.17) is 4.74 Å². The molecule has 0 aliphatic heterocycles. The summed E-state index contributed by atoms with van der Waals surface area (Å²) in [4.78, 5) is 0. The smallest absolute Gasteiger partial charge is 0.165 e. The molecule has 0 atom stereocenters. The highest BCUT2D eigenvalue weighted by atomic mass is 79.9. The first-order valence-electron chi connectivity index (χ1n) is 6.10. The maximum absolute atomic E-state index is 13.5. The van der Waals surface area contributed by atoms with Crippen LogP contribution in [0.5, 0.6) is 5.75 Å². The normalized spacial score (nSPS) is 10.6. The van der Waals surface area contributed by atoms with Gasteiger partial charge in [0.2, 0.25) is 0 Å². The Hall–Kier alpha value is -1.46. The van der Waals surface area contributed by atoms with E-state index in [2.05, 4.69) is 21.2 Å². The lowest BCUT2D eigenvalue weighted by atomic mass is 10.2. The minimum Gasteiger partial charge on any atom is -0.488 e. The second-order valence-corrected chi connectivity index (χ2v) is 5.15. The zero-order valence-electron chi connectivity index (χ0n) is 10.9. The van der Waals surface area contributed by atoms with Crippen molar-refractivity contribution in [2.24, 2.45) is 0 Å². The van der Waals surface area contributed by atoms with Crippen molar-refractivity contribution in [3.05, 3.63) is 63.6 Å². The van der Waals surface area contributed by atoms with Gasteiger partial charge in [-0.3, -0.25) is 0 Å². The molecule has 0 unspecified atom stereocenters. The first-order chi connectivity index (χ1) is 9.61. The maximum Gasteiger partial charge on any atom is 0.165 e. The van der Waals surface area contributed by atoms with Crippen LogP contribution in [0.4, 0.5) is 8.78 Å². The summed E-state index contributed by atoms with van der Waals surface area (Å²) in [7, 11) is 1.87. The third-order valence-corrected chi connectivity index (χ3v) is 3.41. The SMILES string of the molecule is CNCc1ccc(OCc2cccc(F)c2F)c(Br)c1. The number of hydrogen-bond donors (Lipinski definition) is 1. The lowest BCUT2D eigenvalue weighted by Gasteiger charge is -2.10. The summed E-state index contributed by atoms with van der Waals surface area (Å²) in [6.45, 7) is 0.727. The number of benzene rings is 2. The van der Waals surface area contributed by atoms with Crippen molar-refractivity contribution in [2.75, 3.05) is 7.05 Å². The molecule has 106 valence electrons. The molecular formula is C15H14BrF2NO. The maximum atomic E-state index is 13.5. The van der Waals surface area contributed by atoms with Gasteiger partial charge in [-0.05, 0) is 46.7 Å². The summed E-state index contributed by atoms with van der Waals surface area (Å²) in [5.41, 5.74) is 1.29. The van der Waals surface area contributed by atoms with Crippen LogP contribution in [-0.2, 0) is 13.2 Å². The minimum absolute atomic E-state index is 0.0203. The van der Waals surface area contributed by atoms with Gasteiger partial charge in [-0.25, -0.2) is 8.78 Å². The van der Waals surface area contributed by atoms with Crippen LogP contribution in [0.25, 0.3) is 0 Å². The summed E-state index contributed by atoms with van der Waals surface area (Å²) >= 11 is 3.40. The minimum atomic E-state index is -0.866. The number of rotatable bonds is 5. The van der Waals surface area contributed by atoms with E-state index >= 15 is 0 Å². The molecule has 2 nitrogen and oxygen atoms in total. The van der Waals surface area contributed by atoms with Crippen LogP contribution in [0, 0.1) is 11.6 Å². The average molecular weight is 342 g/mol. The Morgan fingerprint density at radius 2 is 2.00 bits per heavy atom. The van der Waals surface area contributed by atoms with Gasteiger partial charge in [0.15, 0.2) is 11.6 Å². The summed E-state index contributed by atoms with van der Waals surface area (Å²) in [5.74, 6) is -1.14. The fraction of sp³-hybridized carbons (Fsp3) is 0.200. The third-order valence-electron chi connectivity index (χ3n) is 2.79. The molecule has 2 aromatic carbocycles. The van der Waals surface area contributed by atoms with E-state index in [0.29, 0.717) is 5.75 Å². The van der Waals surface area contributed by atoms with Gasteiger partial charge in [0.25, 0.3) is 0 Å². The van der Waals surface area contributed by atoms with Gasteiger partial charge in [-0.15, -0.1) is 0 Å². The Morgan fingerprint density at radius 3 is 2.70 bits per heavy atom. The topological polar surface area (TPSA) is 21.3 Å². The van der Waals surface area contributed by atoms with Gasteiger partial charge in [-0.1, -0.05) is 18.2 Å². The highest BCUT2D eigenvalue weighted by Crippen LogP contribution is 2.27. The molecule has 0 amide bonds. The van der Waals surface area contributed by atoms with Gasteiger partial charge < -0.3 is 10.1 Å². The Bertz CT molecular complexity index is 604. The number of nitrogens with one attached hydrogen (secondary N) is 1.